The van der Waals surface area contributed by atoms with Crippen LogP contribution >= 0.6 is 11.8 Å². The number of hydrogen-bond donors (Lipinski definition) is 1. The van der Waals surface area contributed by atoms with Crippen LogP contribution in [0.15, 0.2) is 23.1 Å². The van der Waals surface area contributed by atoms with Gasteiger partial charge in [0.15, 0.2) is 0 Å². The topological polar surface area (TPSA) is 108 Å². The van der Waals surface area contributed by atoms with Gasteiger partial charge in [0.05, 0.1) is 30.6 Å². The van der Waals surface area contributed by atoms with Gasteiger partial charge in [0, 0.05) is 17.0 Å². The SMILES string of the molecule is COC(=O)CSc1cc([N+](=O)[O-])ccc1NC(=O)OC. The second kappa shape index (κ2) is 7.34. The van der Waals surface area contributed by atoms with Gasteiger partial charge in [0.1, 0.15) is 0 Å². The first kappa shape index (κ1) is 15.8. The lowest BCUT2D eigenvalue weighted by atomic mass is 10.3. The second-order valence-electron chi connectivity index (χ2n) is 3.42. The Kier molecular flexibility index (Phi) is 5.78. The predicted octanol–water partition coefficient (Wildman–Crippen LogP) is 2.04. The van der Waals surface area contributed by atoms with Gasteiger partial charge >= 0.3 is 12.1 Å². The van der Waals surface area contributed by atoms with E-state index in [1.54, 1.807) is 0 Å². The number of thioether (sulfide) groups is 1. The first-order valence-corrected chi connectivity index (χ1v) is 6.29. The Labute approximate surface area is 118 Å². The van der Waals surface area contributed by atoms with Gasteiger partial charge in [0.2, 0.25) is 0 Å². The maximum atomic E-state index is 11.2. The van der Waals surface area contributed by atoms with Crippen LogP contribution in [0.25, 0.3) is 0 Å². The summed E-state index contributed by atoms with van der Waals surface area (Å²) in [4.78, 5) is 32.8. The number of nitro benzene ring substituents is 1. The Morgan fingerprint density at radius 1 is 1.35 bits per heavy atom. The first-order chi connectivity index (χ1) is 9.47. The number of nitrogens with one attached hydrogen (secondary N) is 1. The highest BCUT2D eigenvalue weighted by atomic mass is 32.2. The third-order valence-corrected chi connectivity index (χ3v) is 3.20. The van der Waals surface area contributed by atoms with E-state index in [0.717, 1.165) is 11.8 Å². The number of methoxy groups -OCH3 is 2. The number of carbonyl (C=O) groups excluding carboxylic acids is 2. The van der Waals surface area contributed by atoms with Crippen molar-refractivity contribution in [3.63, 3.8) is 0 Å². The van der Waals surface area contributed by atoms with E-state index in [1.807, 2.05) is 0 Å². The molecule has 1 amide bonds. The van der Waals surface area contributed by atoms with E-state index in [2.05, 4.69) is 14.8 Å². The number of anilines is 1. The molecule has 0 saturated heterocycles. The number of ether oxygens (including phenoxy) is 2. The zero-order chi connectivity index (χ0) is 15.1. The molecule has 1 aromatic carbocycles. The van der Waals surface area contributed by atoms with Crippen molar-refractivity contribution >= 4 is 35.2 Å². The summed E-state index contributed by atoms with van der Waals surface area (Å²) in [5.41, 5.74) is 0.170. The van der Waals surface area contributed by atoms with Crippen LogP contribution in [0.1, 0.15) is 0 Å². The van der Waals surface area contributed by atoms with E-state index in [-0.39, 0.29) is 11.4 Å². The molecule has 1 aromatic rings. The van der Waals surface area contributed by atoms with Gasteiger partial charge < -0.3 is 9.47 Å². The molecule has 0 saturated carbocycles. The van der Waals surface area contributed by atoms with E-state index >= 15 is 0 Å². The highest BCUT2D eigenvalue weighted by Crippen LogP contribution is 2.31. The lowest BCUT2D eigenvalue weighted by molar-refractivity contribution is -0.385. The number of esters is 1. The number of carbonyl (C=O) groups is 2. The minimum absolute atomic E-state index is 0.0342. The monoisotopic (exact) mass is 300 g/mol. The van der Waals surface area contributed by atoms with Gasteiger partial charge in [-0.1, -0.05) is 0 Å². The van der Waals surface area contributed by atoms with Crippen molar-refractivity contribution < 1.29 is 24.0 Å². The first-order valence-electron chi connectivity index (χ1n) is 5.31. The van der Waals surface area contributed by atoms with Crippen LogP contribution in [0.4, 0.5) is 16.2 Å². The molecule has 0 aliphatic rings. The normalized spacial score (nSPS) is 9.70. The van der Waals surface area contributed by atoms with Gasteiger partial charge in [-0.3, -0.25) is 20.2 Å². The van der Waals surface area contributed by atoms with Crippen LogP contribution in [-0.2, 0) is 14.3 Å². The van der Waals surface area contributed by atoms with Crippen LogP contribution < -0.4 is 5.32 Å². The standard InChI is InChI=1S/C11H12N2O6S/c1-18-10(14)6-20-9-5-7(13(16)17)3-4-8(9)12-11(15)19-2/h3-5H,6H2,1-2H3,(H,12,15). The van der Waals surface area contributed by atoms with Crippen molar-refractivity contribution in [2.75, 3.05) is 25.3 Å². The minimum atomic E-state index is -0.709. The van der Waals surface area contributed by atoms with Crippen molar-refractivity contribution in [1.29, 1.82) is 0 Å². The van der Waals surface area contributed by atoms with Crippen LogP contribution in [0, 0.1) is 10.1 Å². The van der Waals surface area contributed by atoms with E-state index in [9.17, 15) is 19.7 Å². The summed E-state index contributed by atoms with van der Waals surface area (Å²) in [6, 6.07) is 3.88. The second-order valence-corrected chi connectivity index (χ2v) is 4.44. The van der Waals surface area contributed by atoms with Crippen molar-refractivity contribution in [2.24, 2.45) is 0 Å². The Bertz CT molecular complexity index is 534. The van der Waals surface area contributed by atoms with Gasteiger partial charge in [-0.25, -0.2) is 4.79 Å². The number of nitro groups is 1. The van der Waals surface area contributed by atoms with E-state index in [0.29, 0.717) is 10.6 Å². The van der Waals surface area contributed by atoms with E-state index in [4.69, 9.17) is 0 Å². The van der Waals surface area contributed by atoms with Crippen molar-refractivity contribution in [3.8, 4) is 0 Å². The largest absolute Gasteiger partial charge is 0.468 e. The molecule has 0 unspecified atom stereocenters. The molecule has 0 heterocycles. The Morgan fingerprint density at radius 2 is 2.05 bits per heavy atom. The molecule has 9 heteroatoms. The van der Waals surface area contributed by atoms with E-state index < -0.39 is 17.0 Å². The highest BCUT2D eigenvalue weighted by molar-refractivity contribution is 8.00. The molecule has 0 bridgehead atoms. The smallest absolute Gasteiger partial charge is 0.411 e. The summed E-state index contributed by atoms with van der Waals surface area (Å²) in [6.45, 7) is 0. The number of non-ortho nitro benzene ring substituents is 1. The summed E-state index contributed by atoms with van der Waals surface area (Å²) in [5.74, 6) is -0.515. The molecule has 0 spiro atoms. The lowest BCUT2D eigenvalue weighted by Gasteiger charge is -2.09. The van der Waals surface area contributed by atoms with E-state index in [1.165, 1.54) is 32.4 Å². The quantitative estimate of drug-likeness (QED) is 0.383. The van der Waals surface area contributed by atoms with Crippen LogP contribution in [0.3, 0.4) is 0 Å². The average Bonchev–Trinajstić information content (AvgIpc) is 2.45. The Hall–Kier alpha value is -2.29. The minimum Gasteiger partial charge on any atom is -0.468 e. The molecule has 0 radical (unpaired) electrons. The molecule has 8 nitrogen and oxygen atoms in total. The number of benzene rings is 1. The number of hydrogen-bond acceptors (Lipinski definition) is 7. The Balaban J connectivity index is 2.99. The maximum absolute atomic E-state index is 11.2. The molecular formula is C11H12N2O6S. The van der Waals surface area contributed by atoms with Crippen LogP contribution in [0.5, 0.6) is 0 Å². The van der Waals surface area contributed by atoms with Gasteiger partial charge in [-0.2, -0.15) is 0 Å². The molecule has 0 aromatic heterocycles. The molecule has 1 rings (SSSR count). The van der Waals surface area contributed by atoms with Crippen molar-refractivity contribution in [3.05, 3.63) is 28.3 Å². The number of amides is 1. The number of rotatable bonds is 5. The molecule has 0 aliphatic heterocycles. The molecule has 0 atom stereocenters. The average molecular weight is 300 g/mol. The molecule has 108 valence electrons. The fraction of sp³-hybridized carbons (Fsp3) is 0.273. The zero-order valence-electron chi connectivity index (χ0n) is 10.7. The molecule has 0 aliphatic carbocycles. The van der Waals surface area contributed by atoms with Crippen LogP contribution in [-0.4, -0.2) is 37.0 Å². The Morgan fingerprint density at radius 3 is 2.60 bits per heavy atom. The molecule has 0 fully saturated rings. The van der Waals surface area contributed by atoms with Gasteiger partial charge in [-0.15, -0.1) is 11.8 Å². The molecular weight excluding hydrogens is 288 g/mol. The van der Waals surface area contributed by atoms with Gasteiger partial charge in [-0.05, 0) is 6.07 Å². The molecule has 20 heavy (non-hydrogen) atoms. The van der Waals surface area contributed by atoms with Crippen LogP contribution in [0.2, 0.25) is 0 Å². The van der Waals surface area contributed by atoms with Crippen molar-refractivity contribution in [1.82, 2.24) is 0 Å². The highest BCUT2D eigenvalue weighted by Gasteiger charge is 2.14. The fourth-order valence-corrected chi connectivity index (χ4v) is 2.07. The lowest BCUT2D eigenvalue weighted by Crippen LogP contribution is -2.12. The fourth-order valence-electron chi connectivity index (χ4n) is 1.20. The third kappa shape index (κ3) is 4.43. The summed E-state index contributed by atoms with van der Waals surface area (Å²) in [6.07, 6.45) is -0.709. The summed E-state index contributed by atoms with van der Waals surface area (Å²) in [7, 11) is 2.44. The van der Waals surface area contributed by atoms with Crippen molar-refractivity contribution in [2.45, 2.75) is 4.90 Å². The zero-order valence-corrected chi connectivity index (χ0v) is 11.6. The van der Waals surface area contributed by atoms with Gasteiger partial charge in [0.25, 0.3) is 5.69 Å². The molecule has 1 N–H and O–H groups in total. The summed E-state index contributed by atoms with van der Waals surface area (Å²) in [5, 5.41) is 13.1. The maximum Gasteiger partial charge on any atom is 0.411 e. The summed E-state index contributed by atoms with van der Waals surface area (Å²) >= 11 is 1.01. The predicted molar refractivity (Wildman–Crippen MR) is 71.9 cm³/mol. The third-order valence-electron chi connectivity index (χ3n) is 2.17. The summed E-state index contributed by atoms with van der Waals surface area (Å²) < 4.78 is 8.93. The number of nitrogens with zero attached hydrogens (tertiary/aromatic N) is 1.